The van der Waals surface area contributed by atoms with Gasteiger partial charge in [-0.1, -0.05) is 56.0 Å². The van der Waals surface area contributed by atoms with Crippen LogP contribution in [0.25, 0.3) is 22.2 Å². The van der Waals surface area contributed by atoms with Gasteiger partial charge in [0.15, 0.2) is 0 Å². The highest BCUT2D eigenvalue weighted by molar-refractivity contribution is 5.81. The molecule has 2 aromatic carbocycles. The third-order valence-corrected chi connectivity index (χ3v) is 5.16. The van der Waals surface area contributed by atoms with Crippen LogP contribution >= 0.6 is 0 Å². The fourth-order valence-corrected chi connectivity index (χ4v) is 3.68. The van der Waals surface area contributed by atoms with Crippen LogP contribution in [-0.2, 0) is 6.54 Å². The maximum absolute atomic E-state index is 4.28. The molecule has 3 aromatic rings. The van der Waals surface area contributed by atoms with Gasteiger partial charge < -0.3 is 10.3 Å². The Morgan fingerprint density at radius 1 is 0.917 bits per heavy atom. The molecule has 0 saturated heterocycles. The van der Waals surface area contributed by atoms with E-state index in [1.165, 1.54) is 55.2 Å². The molecule has 0 unspecified atom stereocenters. The minimum atomic E-state index is 0.704. The van der Waals surface area contributed by atoms with Crippen LogP contribution in [0.4, 0.5) is 0 Å². The molecule has 0 radical (unpaired) electrons. The lowest BCUT2D eigenvalue weighted by Crippen LogP contribution is -2.27. The Kier molecular flexibility index (Phi) is 4.61. The molecule has 0 aliphatic heterocycles. The largest absolute Gasteiger partial charge is 0.345 e. The number of nitrogens with one attached hydrogen (secondary N) is 2. The molecule has 0 bridgehead atoms. The van der Waals surface area contributed by atoms with Crippen molar-refractivity contribution in [1.29, 1.82) is 0 Å². The summed E-state index contributed by atoms with van der Waals surface area (Å²) in [4.78, 5) is 7.46. The Bertz CT molecular complexity index is 780. The molecule has 1 saturated carbocycles. The third-order valence-electron chi connectivity index (χ3n) is 5.16. The first-order valence-electron chi connectivity index (χ1n) is 9.14. The van der Waals surface area contributed by atoms with E-state index in [9.17, 15) is 0 Å². The summed E-state index contributed by atoms with van der Waals surface area (Å²) in [5.41, 5.74) is 5.96. The number of rotatable bonds is 4. The van der Waals surface area contributed by atoms with Crippen molar-refractivity contribution in [3.05, 3.63) is 54.4 Å². The van der Waals surface area contributed by atoms with E-state index in [0.29, 0.717) is 6.04 Å². The van der Waals surface area contributed by atoms with Gasteiger partial charge in [-0.3, -0.25) is 0 Å². The van der Waals surface area contributed by atoms with Gasteiger partial charge in [-0.25, -0.2) is 4.98 Å². The molecule has 24 heavy (non-hydrogen) atoms. The molecule has 0 atom stereocenters. The lowest BCUT2D eigenvalue weighted by molar-refractivity contribution is 0.459. The van der Waals surface area contributed by atoms with Gasteiger partial charge in [0.05, 0.1) is 17.4 Å². The smallest absolute Gasteiger partial charge is 0.0931 e. The van der Waals surface area contributed by atoms with E-state index in [4.69, 9.17) is 0 Å². The molecule has 0 spiro atoms. The summed E-state index contributed by atoms with van der Waals surface area (Å²) in [6.45, 7) is 0.977. The van der Waals surface area contributed by atoms with Gasteiger partial charge in [0.25, 0.3) is 0 Å². The molecule has 124 valence electrons. The van der Waals surface area contributed by atoms with Crippen LogP contribution in [0.15, 0.2) is 48.8 Å². The topological polar surface area (TPSA) is 40.7 Å². The molecule has 3 heteroatoms. The van der Waals surface area contributed by atoms with Crippen molar-refractivity contribution in [3.63, 3.8) is 0 Å². The number of imidazole rings is 1. The highest BCUT2D eigenvalue weighted by atomic mass is 14.9. The van der Waals surface area contributed by atoms with Gasteiger partial charge in [-0.15, -0.1) is 0 Å². The van der Waals surface area contributed by atoms with Crippen LogP contribution in [0.1, 0.15) is 44.1 Å². The van der Waals surface area contributed by atoms with Gasteiger partial charge in [0.1, 0.15) is 0 Å². The van der Waals surface area contributed by atoms with E-state index >= 15 is 0 Å². The monoisotopic (exact) mass is 319 g/mol. The molecule has 3 nitrogen and oxygen atoms in total. The standard InChI is InChI=1S/C21H25N3/c1-2-4-6-19(5-3-1)22-14-16-7-9-17(10-8-16)18-11-12-20-21(13-18)24-15-23-20/h7-13,15,19,22H,1-6,14H2,(H,23,24). The van der Waals surface area contributed by atoms with E-state index in [-0.39, 0.29) is 0 Å². The Labute approximate surface area is 143 Å². The van der Waals surface area contributed by atoms with Crippen molar-refractivity contribution < 1.29 is 0 Å². The minimum absolute atomic E-state index is 0.704. The summed E-state index contributed by atoms with van der Waals surface area (Å²) in [7, 11) is 0. The first-order chi connectivity index (χ1) is 11.9. The molecular formula is C21H25N3. The number of H-pyrrole nitrogens is 1. The summed E-state index contributed by atoms with van der Waals surface area (Å²) >= 11 is 0. The van der Waals surface area contributed by atoms with Crippen LogP contribution < -0.4 is 5.32 Å². The van der Waals surface area contributed by atoms with Gasteiger partial charge in [0, 0.05) is 12.6 Å². The Morgan fingerprint density at radius 3 is 2.46 bits per heavy atom. The van der Waals surface area contributed by atoms with E-state index < -0.39 is 0 Å². The van der Waals surface area contributed by atoms with E-state index in [1.807, 2.05) is 0 Å². The average molecular weight is 319 g/mol. The predicted molar refractivity (Wildman–Crippen MR) is 99.9 cm³/mol. The second-order valence-corrected chi connectivity index (χ2v) is 6.90. The highest BCUT2D eigenvalue weighted by Gasteiger charge is 2.11. The molecular weight excluding hydrogens is 294 g/mol. The maximum Gasteiger partial charge on any atom is 0.0931 e. The van der Waals surface area contributed by atoms with Crippen LogP contribution in [-0.4, -0.2) is 16.0 Å². The second-order valence-electron chi connectivity index (χ2n) is 6.90. The fourth-order valence-electron chi connectivity index (χ4n) is 3.68. The molecule has 1 fully saturated rings. The molecule has 1 aromatic heterocycles. The molecule has 1 aliphatic carbocycles. The zero-order valence-corrected chi connectivity index (χ0v) is 14.1. The molecule has 1 heterocycles. The second kappa shape index (κ2) is 7.18. The first-order valence-corrected chi connectivity index (χ1v) is 9.14. The maximum atomic E-state index is 4.28. The van der Waals surface area contributed by atoms with Crippen molar-refractivity contribution in [1.82, 2.24) is 15.3 Å². The number of benzene rings is 2. The average Bonchev–Trinajstić information content (AvgIpc) is 2.94. The van der Waals surface area contributed by atoms with Gasteiger partial charge in [-0.05, 0) is 41.7 Å². The van der Waals surface area contributed by atoms with Crippen LogP contribution in [0.2, 0.25) is 0 Å². The third kappa shape index (κ3) is 3.51. The van der Waals surface area contributed by atoms with E-state index in [0.717, 1.165) is 17.6 Å². The number of aromatic amines is 1. The van der Waals surface area contributed by atoms with Gasteiger partial charge in [0.2, 0.25) is 0 Å². The Morgan fingerprint density at radius 2 is 1.67 bits per heavy atom. The zero-order chi connectivity index (χ0) is 16.2. The quantitative estimate of drug-likeness (QED) is 0.661. The summed E-state index contributed by atoms with van der Waals surface area (Å²) in [5, 5.41) is 3.74. The predicted octanol–water partition coefficient (Wildman–Crippen LogP) is 5.04. The van der Waals surface area contributed by atoms with Crippen molar-refractivity contribution >= 4 is 11.0 Å². The number of aromatic nitrogens is 2. The fraction of sp³-hybridized carbons (Fsp3) is 0.381. The summed E-state index contributed by atoms with van der Waals surface area (Å²) < 4.78 is 0. The van der Waals surface area contributed by atoms with Crippen LogP contribution in [0, 0.1) is 0 Å². The van der Waals surface area contributed by atoms with E-state index in [2.05, 4.69) is 57.7 Å². The van der Waals surface area contributed by atoms with Gasteiger partial charge in [-0.2, -0.15) is 0 Å². The SMILES string of the molecule is c1nc2ccc(-c3ccc(CNC4CCCCCC4)cc3)cc2[nH]1. The normalized spacial score (nSPS) is 16.3. The zero-order valence-electron chi connectivity index (χ0n) is 14.1. The lowest BCUT2D eigenvalue weighted by Gasteiger charge is -2.16. The molecule has 2 N–H and O–H groups in total. The van der Waals surface area contributed by atoms with Gasteiger partial charge >= 0.3 is 0 Å². The van der Waals surface area contributed by atoms with E-state index in [1.54, 1.807) is 6.33 Å². The molecule has 0 amide bonds. The molecule has 4 rings (SSSR count). The lowest BCUT2D eigenvalue weighted by atomic mass is 10.0. The summed E-state index contributed by atoms with van der Waals surface area (Å²) in [6, 6.07) is 16.0. The van der Waals surface area contributed by atoms with Crippen LogP contribution in [0.3, 0.4) is 0 Å². The molecule has 1 aliphatic rings. The Hall–Kier alpha value is -2.13. The number of hydrogen-bond donors (Lipinski definition) is 2. The van der Waals surface area contributed by atoms with Crippen molar-refractivity contribution in [3.8, 4) is 11.1 Å². The Balaban J connectivity index is 1.42. The summed E-state index contributed by atoms with van der Waals surface area (Å²) in [5.74, 6) is 0. The van der Waals surface area contributed by atoms with Crippen molar-refractivity contribution in [2.45, 2.75) is 51.1 Å². The van der Waals surface area contributed by atoms with Crippen molar-refractivity contribution in [2.24, 2.45) is 0 Å². The first kappa shape index (κ1) is 15.4. The number of nitrogens with zero attached hydrogens (tertiary/aromatic N) is 1. The minimum Gasteiger partial charge on any atom is -0.345 e. The highest BCUT2D eigenvalue weighted by Crippen LogP contribution is 2.23. The summed E-state index contributed by atoms with van der Waals surface area (Å²) in [6.07, 6.45) is 10.0. The number of hydrogen-bond acceptors (Lipinski definition) is 2. The van der Waals surface area contributed by atoms with Crippen LogP contribution in [0.5, 0.6) is 0 Å². The van der Waals surface area contributed by atoms with Crippen molar-refractivity contribution in [2.75, 3.05) is 0 Å². The number of fused-ring (bicyclic) bond motifs is 1.